The molecule has 1 unspecified atom stereocenters. The van der Waals surface area contributed by atoms with E-state index in [1.54, 1.807) is 30.1 Å². The van der Waals surface area contributed by atoms with Gasteiger partial charge in [-0.2, -0.15) is 4.31 Å². The molecular formula is C24H27FN4O4S2. The van der Waals surface area contributed by atoms with Crippen LogP contribution in [0.1, 0.15) is 23.2 Å². The highest BCUT2D eigenvalue weighted by Gasteiger charge is 2.27. The van der Waals surface area contributed by atoms with E-state index in [0.717, 1.165) is 28.2 Å². The number of fused-ring (bicyclic) bond motifs is 1. The molecule has 2 aromatic carbocycles. The fourth-order valence-corrected chi connectivity index (χ4v) is 6.67. The number of carbonyl (C=O) groups is 1. The number of nitrogens with zero attached hydrogens (tertiary/aromatic N) is 4. The van der Waals surface area contributed by atoms with Crippen molar-refractivity contribution >= 4 is 42.6 Å². The largest absolute Gasteiger partial charge is 0.377 e. The van der Waals surface area contributed by atoms with Gasteiger partial charge in [-0.05, 0) is 55.3 Å². The van der Waals surface area contributed by atoms with Crippen LogP contribution in [0.2, 0.25) is 0 Å². The van der Waals surface area contributed by atoms with Crippen LogP contribution in [0.15, 0.2) is 47.4 Å². The van der Waals surface area contributed by atoms with Gasteiger partial charge in [-0.15, -0.1) is 0 Å². The first-order valence-electron chi connectivity index (χ1n) is 11.6. The molecule has 8 nitrogen and oxygen atoms in total. The summed E-state index contributed by atoms with van der Waals surface area (Å²) >= 11 is 1.44. The minimum Gasteiger partial charge on any atom is -0.377 e. The Morgan fingerprint density at radius 3 is 2.60 bits per heavy atom. The molecule has 0 aliphatic carbocycles. The summed E-state index contributed by atoms with van der Waals surface area (Å²) in [4.78, 5) is 21.6. The van der Waals surface area contributed by atoms with Crippen molar-refractivity contribution in [3.63, 3.8) is 0 Å². The van der Waals surface area contributed by atoms with Crippen molar-refractivity contribution in [1.82, 2.24) is 14.2 Å². The molecule has 0 N–H and O–H groups in total. The minimum absolute atomic E-state index is 0.0711. The number of aromatic nitrogens is 1. The lowest BCUT2D eigenvalue weighted by Gasteiger charge is -2.34. The summed E-state index contributed by atoms with van der Waals surface area (Å²) in [5.74, 6) is -0.413. The molecule has 35 heavy (non-hydrogen) atoms. The highest BCUT2D eigenvalue weighted by molar-refractivity contribution is 7.89. The first-order valence-corrected chi connectivity index (χ1v) is 13.9. The average molecular weight is 519 g/mol. The van der Waals surface area contributed by atoms with Crippen LogP contribution in [0.25, 0.3) is 10.2 Å². The number of halogens is 1. The third-order valence-electron chi connectivity index (χ3n) is 6.47. The fraction of sp³-hybridized carbons (Fsp3) is 0.417. The van der Waals surface area contributed by atoms with Gasteiger partial charge in [0.15, 0.2) is 5.13 Å². The number of anilines is 1. The molecule has 3 aromatic rings. The normalized spacial score (nSPS) is 19.1. The lowest BCUT2D eigenvalue weighted by Crippen LogP contribution is -2.48. The molecule has 2 fully saturated rings. The van der Waals surface area contributed by atoms with E-state index in [1.165, 1.54) is 39.9 Å². The lowest BCUT2D eigenvalue weighted by atomic mass is 10.2. The number of likely N-dealkylation sites (N-methyl/N-ethyl adjacent to an activating group) is 1. The molecule has 0 radical (unpaired) electrons. The molecule has 2 aliphatic rings. The second-order valence-electron chi connectivity index (χ2n) is 8.83. The predicted octanol–water partition coefficient (Wildman–Crippen LogP) is 3.20. The van der Waals surface area contributed by atoms with Crippen LogP contribution in [0.4, 0.5) is 9.52 Å². The van der Waals surface area contributed by atoms with Crippen molar-refractivity contribution in [3.05, 3.63) is 53.8 Å². The minimum atomic E-state index is -3.65. The first-order chi connectivity index (χ1) is 16.8. The zero-order chi connectivity index (χ0) is 24.6. The van der Waals surface area contributed by atoms with Gasteiger partial charge in [-0.1, -0.05) is 11.3 Å². The van der Waals surface area contributed by atoms with E-state index in [0.29, 0.717) is 44.9 Å². The van der Waals surface area contributed by atoms with Gasteiger partial charge < -0.3 is 14.5 Å². The first kappa shape index (κ1) is 24.1. The maximum absolute atomic E-state index is 13.5. The summed E-state index contributed by atoms with van der Waals surface area (Å²) < 4.78 is 46.9. The zero-order valence-corrected chi connectivity index (χ0v) is 21.0. The number of ether oxygens (including phenoxy) is 1. The van der Waals surface area contributed by atoms with E-state index in [1.807, 2.05) is 0 Å². The Kier molecular flexibility index (Phi) is 6.75. The van der Waals surface area contributed by atoms with Gasteiger partial charge in [0.1, 0.15) is 5.82 Å². The van der Waals surface area contributed by atoms with Crippen molar-refractivity contribution in [2.75, 3.05) is 51.3 Å². The number of hydrogen-bond acceptors (Lipinski definition) is 7. The van der Waals surface area contributed by atoms with E-state index in [2.05, 4.69) is 9.88 Å². The molecule has 1 aromatic heterocycles. The SMILES string of the molecule is CN(CC1CCCO1)S(=O)(=O)c1ccc(C(=O)N2CCN(c3nc4ccc(F)cc4s3)CC2)cc1. The van der Waals surface area contributed by atoms with Gasteiger partial charge in [0, 0.05) is 51.9 Å². The van der Waals surface area contributed by atoms with Crippen molar-refractivity contribution < 1.29 is 22.3 Å². The summed E-state index contributed by atoms with van der Waals surface area (Å²) in [6, 6.07) is 10.7. The molecular weight excluding hydrogens is 491 g/mol. The van der Waals surface area contributed by atoms with E-state index in [4.69, 9.17) is 4.74 Å². The molecule has 5 rings (SSSR count). The van der Waals surface area contributed by atoms with Crippen molar-refractivity contribution in [3.8, 4) is 0 Å². The smallest absolute Gasteiger partial charge is 0.253 e. The second kappa shape index (κ2) is 9.81. The molecule has 186 valence electrons. The summed E-state index contributed by atoms with van der Waals surface area (Å²) in [6.45, 7) is 3.27. The number of carbonyl (C=O) groups excluding carboxylic acids is 1. The summed E-state index contributed by atoms with van der Waals surface area (Å²) in [7, 11) is -2.10. The standard InChI is InChI=1S/C24H27FN4O4S2/c1-27(16-19-3-2-14-33-19)35(31,32)20-7-4-17(5-8-20)23(30)28-10-12-29(13-11-28)24-26-21-9-6-18(25)15-22(21)34-24/h4-9,15,19H,2-3,10-14,16H2,1H3. The third kappa shape index (κ3) is 5.04. The Hall–Kier alpha value is -2.60. The highest BCUT2D eigenvalue weighted by atomic mass is 32.2. The van der Waals surface area contributed by atoms with E-state index in [-0.39, 0.29) is 22.7 Å². The number of benzene rings is 2. The number of thiazole rings is 1. The fourth-order valence-electron chi connectivity index (χ4n) is 4.43. The van der Waals surface area contributed by atoms with Crippen molar-refractivity contribution in [2.45, 2.75) is 23.8 Å². The number of sulfonamides is 1. The van der Waals surface area contributed by atoms with Crippen LogP contribution in [0.3, 0.4) is 0 Å². The number of hydrogen-bond donors (Lipinski definition) is 0. The maximum atomic E-state index is 13.5. The van der Waals surface area contributed by atoms with Crippen molar-refractivity contribution in [1.29, 1.82) is 0 Å². The van der Waals surface area contributed by atoms with Crippen LogP contribution in [-0.4, -0.2) is 81.0 Å². The molecule has 2 saturated heterocycles. The van der Waals surface area contributed by atoms with Crippen LogP contribution in [-0.2, 0) is 14.8 Å². The molecule has 0 bridgehead atoms. The van der Waals surface area contributed by atoms with Gasteiger partial charge >= 0.3 is 0 Å². The quantitative estimate of drug-likeness (QED) is 0.499. The number of piperazine rings is 1. The third-order valence-corrected chi connectivity index (χ3v) is 9.39. The number of rotatable bonds is 6. The van der Waals surface area contributed by atoms with Crippen LogP contribution in [0, 0.1) is 5.82 Å². The summed E-state index contributed by atoms with van der Waals surface area (Å²) in [5.41, 5.74) is 1.22. The maximum Gasteiger partial charge on any atom is 0.253 e. The molecule has 3 heterocycles. The molecule has 11 heteroatoms. The van der Waals surface area contributed by atoms with Crippen LogP contribution < -0.4 is 4.90 Å². The van der Waals surface area contributed by atoms with Crippen molar-refractivity contribution in [2.24, 2.45) is 0 Å². The highest BCUT2D eigenvalue weighted by Crippen LogP contribution is 2.30. The Labute approximate surface area is 208 Å². The van der Waals surface area contributed by atoms with Crippen LogP contribution >= 0.6 is 11.3 Å². The molecule has 1 atom stereocenters. The van der Waals surface area contributed by atoms with Gasteiger partial charge in [0.25, 0.3) is 5.91 Å². The van der Waals surface area contributed by atoms with Gasteiger partial charge in [0.05, 0.1) is 21.2 Å². The Balaban J connectivity index is 1.20. The molecule has 0 saturated carbocycles. The zero-order valence-electron chi connectivity index (χ0n) is 19.4. The number of amides is 1. The summed E-state index contributed by atoms with van der Waals surface area (Å²) in [5, 5.41) is 0.819. The Morgan fingerprint density at radius 1 is 1.17 bits per heavy atom. The molecule has 2 aliphatic heterocycles. The Bertz CT molecular complexity index is 1320. The van der Waals surface area contributed by atoms with Crippen LogP contribution in [0.5, 0.6) is 0 Å². The Morgan fingerprint density at radius 2 is 1.91 bits per heavy atom. The molecule has 0 spiro atoms. The predicted molar refractivity (Wildman–Crippen MR) is 133 cm³/mol. The second-order valence-corrected chi connectivity index (χ2v) is 11.9. The van der Waals surface area contributed by atoms with E-state index >= 15 is 0 Å². The van der Waals surface area contributed by atoms with E-state index < -0.39 is 10.0 Å². The summed E-state index contributed by atoms with van der Waals surface area (Å²) in [6.07, 6.45) is 1.74. The van der Waals surface area contributed by atoms with E-state index in [9.17, 15) is 17.6 Å². The van der Waals surface area contributed by atoms with Gasteiger partial charge in [0.2, 0.25) is 10.0 Å². The van der Waals surface area contributed by atoms with Gasteiger partial charge in [-0.25, -0.2) is 17.8 Å². The average Bonchev–Trinajstić information content (AvgIpc) is 3.53. The monoisotopic (exact) mass is 518 g/mol. The van der Waals surface area contributed by atoms with Gasteiger partial charge in [-0.3, -0.25) is 4.79 Å². The topological polar surface area (TPSA) is 83.0 Å². The molecule has 1 amide bonds. The lowest BCUT2D eigenvalue weighted by molar-refractivity contribution is 0.0746.